The number of carbonyl (C=O) groups excluding carboxylic acids is 2. The number of benzene rings is 2. The van der Waals surface area contributed by atoms with Crippen molar-refractivity contribution in [1.82, 2.24) is 20.4 Å². The van der Waals surface area contributed by atoms with E-state index >= 15 is 0 Å². The summed E-state index contributed by atoms with van der Waals surface area (Å²) in [6.07, 6.45) is 2.43. The Bertz CT molecular complexity index is 985. The van der Waals surface area contributed by atoms with Crippen LogP contribution in [-0.2, 0) is 0 Å². The highest BCUT2D eigenvalue weighted by molar-refractivity contribution is 9.10. The lowest BCUT2D eigenvalue weighted by molar-refractivity contribution is 0.0789. The number of amides is 3. The molecule has 0 spiro atoms. The van der Waals surface area contributed by atoms with Crippen molar-refractivity contribution < 1.29 is 9.59 Å². The fourth-order valence-electron chi connectivity index (χ4n) is 3.21. The van der Waals surface area contributed by atoms with E-state index in [0.29, 0.717) is 18.7 Å². The van der Waals surface area contributed by atoms with Gasteiger partial charge >= 0.3 is 6.03 Å². The highest BCUT2D eigenvalue weighted by atomic mass is 79.9. The van der Waals surface area contributed by atoms with Gasteiger partial charge in [-0.05, 0) is 48.9 Å². The molecule has 27 heavy (non-hydrogen) atoms. The molecule has 3 amide bonds. The van der Waals surface area contributed by atoms with E-state index in [9.17, 15) is 9.59 Å². The van der Waals surface area contributed by atoms with Crippen molar-refractivity contribution in [3.05, 3.63) is 58.7 Å². The normalized spacial score (nSPS) is 16.5. The summed E-state index contributed by atoms with van der Waals surface area (Å²) in [6.45, 7) is 1.11. The Morgan fingerprint density at radius 2 is 2.00 bits per heavy atom. The topological polar surface area (TPSA) is 90.1 Å². The molecule has 1 aromatic heterocycles. The summed E-state index contributed by atoms with van der Waals surface area (Å²) >= 11 is 3.36. The van der Waals surface area contributed by atoms with E-state index in [2.05, 4.69) is 36.8 Å². The molecule has 1 atom stereocenters. The highest BCUT2D eigenvalue weighted by Gasteiger charge is 2.28. The van der Waals surface area contributed by atoms with Gasteiger partial charge in [-0.25, -0.2) is 4.79 Å². The largest absolute Gasteiger partial charge is 0.337 e. The van der Waals surface area contributed by atoms with Crippen molar-refractivity contribution >= 4 is 44.5 Å². The number of rotatable bonds is 3. The second-order valence-corrected chi connectivity index (χ2v) is 7.43. The predicted octanol–water partition coefficient (Wildman–Crippen LogP) is 3.36. The van der Waals surface area contributed by atoms with Crippen molar-refractivity contribution in [1.29, 1.82) is 0 Å². The Hall–Kier alpha value is -2.87. The van der Waals surface area contributed by atoms with Gasteiger partial charge in [0.2, 0.25) is 0 Å². The van der Waals surface area contributed by atoms with Crippen LogP contribution in [0, 0.1) is 0 Å². The first-order valence-electron chi connectivity index (χ1n) is 8.64. The molecule has 2 aromatic carbocycles. The summed E-state index contributed by atoms with van der Waals surface area (Å²) in [5, 5.41) is 13.5. The second-order valence-electron chi connectivity index (χ2n) is 6.51. The minimum absolute atomic E-state index is 0.0317. The monoisotopic (exact) mass is 427 g/mol. The van der Waals surface area contributed by atoms with E-state index < -0.39 is 0 Å². The third kappa shape index (κ3) is 3.95. The van der Waals surface area contributed by atoms with Crippen LogP contribution < -0.4 is 10.6 Å². The number of fused-ring (bicyclic) bond motifs is 1. The molecular weight excluding hydrogens is 410 g/mol. The molecule has 2 heterocycles. The van der Waals surface area contributed by atoms with E-state index in [1.807, 2.05) is 36.4 Å². The van der Waals surface area contributed by atoms with Crippen LogP contribution in [0.3, 0.4) is 0 Å². The maximum Gasteiger partial charge on any atom is 0.319 e. The maximum absolute atomic E-state index is 12.7. The van der Waals surface area contributed by atoms with Crippen LogP contribution in [0.25, 0.3) is 10.9 Å². The molecule has 1 fully saturated rings. The van der Waals surface area contributed by atoms with E-state index in [-0.39, 0.29) is 18.0 Å². The number of hydrogen-bond acceptors (Lipinski definition) is 3. The Labute approximate surface area is 164 Å². The summed E-state index contributed by atoms with van der Waals surface area (Å²) in [6, 6.07) is 12.5. The van der Waals surface area contributed by atoms with Crippen LogP contribution in [0.15, 0.2) is 53.1 Å². The number of aromatic amines is 1. The lowest BCUT2D eigenvalue weighted by atomic mass is 10.1. The second kappa shape index (κ2) is 7.40. The van der Waals surface area contributed by atoms with E-state index in [0.717, 1.165) is 27.5 Å². The summed E-state index contributed by atoms with van der Waals surface area (Å²) in [4.78, 5) is 26.7. The third-order valence-electron chi connectivity index (χ3n) is 4.60. The molecule has 1 aliphatic heterocycles. The number of H-pyrrole nitrogens is 1. The molecule has 3 aromatic rings. The number of hydrogen-bond donors (Lipinski definition) is 3. The summed E-state index contributed by atoms with van der Waals surface area (Å²) < 4.78 is 0.951. The molecule has 138 valence electrons. The zero-order valence-electron chi connectivity index (χ0n) is 14.4. The van der Waals surface area contributed by atoms with Crippen molar-refractivity contribution in [3.63, 3.8) is 0 Å². The molecule has 0 saturated carbocycles. The minimum atomic E-state index is -0.267. The molecule has 0 aliphatic carbocycles. The smallest absolute Gasteiger partial charge is 0.319 e. The first kappa shape index (κ1) is 17.5. The van der Waals surface area contributed by atoms with Gasteiger partial charge in [-0.3, -0.25) is 9.89 Å². The average molecular weight is 428 g/mol. The summed E-state index contributed by atoms with van der Waals surface area (Å²) in [7, 11) is 0. The van der Waals surface area contributed by atoms with Crippen LogP contribution in [0.4, 0.5) is 10.5 Å². The zero-order chi connectivity index (χ0) is 18.8. The van der Waals surface area contributed by atoms with E-state index in [1.54, 1.807) is 17.2 Å². The van der Waals surface area contributed by atoms with Crippen LogP contribution >= 0.6 is 15.9 Å². The van der Waals surface area contributed by atoms with Crippen LogP contribution in [0.2, 0.25) is 0 Å². The SMILES string of the molecule is O=C(Nc1ccc(Br)cc1)N[C@H]1CCN(C(=O)c2ccc3[nH]ncc3c2)C1. The van der Waals surface area contributed by atoms with Gasteiger partial charge in [0.25, 0.3) is 5.91 Å². The van der Waals surface area contributed by atoms with Crippen LogP contribution in [0.5, 0.6) is 0 Å². The van der Waals surface area contributed by atoms with Crippen molar-refractivity contribution in [2.45, 2.75) is 12.5 Å². The number of aromatic nitrogens is 2. The number of likely N-dealkylation sites (tertiary alicyclic amines) is 1. The fourth-order valence-corrected chi connectivity index (χ4v) is 3.47. The number of carbonyl (C=O) groups is 2. The fraction of sp³-hybridized carbons (Fsp3) is 0.211. The third-order valence-corrected chi connectivity index (χ3v) is 5.13. The number of nitrogens with zero attached hydrogens (tertiary/aromatic N) is 2. The number of halogens is 1. The van der Waals surface area contributed by atoms with Gasteiger partial charge in [0.05, 0.1) is 11.7 Å². The summed E-state index contributed by atoms with van der Waals surface area (Å²) in [5.74, 6) is -0.0317. The number of urea groups is 1. The molecular formula is C19H18BrN5O2. The van der Waals surface area contributed by atoms with E-state index in [4.69, 9.17) is 0 Å². The maximum atomic E-state index is 12.7. The Balaban J connectivity index is 1.34. The molecule has 7 nitrogen and oxygen atoms in total. The Morgan fingerprint density at radius 3 is 2.81 bits per heavy atom. The minimum Gasteiger partial charge on any atom is -0.337 e. The van der Waals surface area contributed by atoms with Gasteiger partial charge < -0.3 is 15.5 Å². The Morgan fingerprint density at radius 1 is 1.19 bits per heavy atom. The van der Waals surface area contributed by atoms with E-state index in [1.165, 1.54) is 0 Å². The molecule has 8 heteroatoms. The first-order valence-corrected chi connectivity index (χ1v) is 9.43. The quantitative estimate of drug-likeness (QED) is 0.598. The lowest BCUT2D eigenvalue weighted by Gasteiger charge is -2.17. The van der Waals surface area contributed by atoms with Gasteiger partial charge in [-0.2, -0.15) is 5.10 Å². The molecule has 0 unspecified atom stereocenters. The van der Waals surface area contributed by atoms with Crippen molar-refractivity contribution in [3.8, 4) is 0 Å². The molecule has 0 radical (unpaired) electrons. The predicted molar refractivity (Wildman–Crippen MR) is 107 cm³/mol. The molecule has 1 aliphatic rings. The van der Waals surface area contributed by atoms with Crippen molar-refractivity contribution in [2.75, 3.05) is 18.4 Å². The highest BCUT2D eigenvalue weighted by Crippen LogP contribution is 2.18. The number of nitrogens with one attached hydrogen (secondary N) is 3. The molecule has 0 bridgehead atoms. The van der Waals surface area contributed by atoms with Crippen molar-refractivity contribution in [2.24, 2.45) is 0 Å². The Kier molecular flexibility index (Phi) is 4.81. The molecule has 3 N–H and O–H groups in total. The first-order chi connectivity index (χ1) is 13.1. The van der Waals surface area contributed by atoms with Gasteiger partial charge in [0, 0.05) is 40.2 Å². The van der Waals surface area contributed by atoms with Gasteiger partial charge in [-0.1, -0.05) is 15.9 Å². The zero-order valence-corrected chi connectivity index (χ0v) is 16.0. The van der Waals surface area contributed by atoms with Crippen LogP contribution in [-0.4, -0.2) is 46.2 Å². The van der Waals surface area contributed by atoms with Gasteiger partial charge in [0.15, 0.2) is 0 Å². The standard InChI is InChI=1S/C19H18BrN5O2/c20-14-2-4-15(5-3-14)22-19(27)23-16-7-8-25(11-16)18(26)12-1-6-17-13(9-12)10-21-24-17/h1-6,9-10,16H,7-8,11H2,(H,21,24)(H2,22,23,27)/t16-/m0/s1. The lowest BCUT2D eigenvalue weighted by Crippen LogP contribution is -2.40. The molecule has 4 rings (SSSR count). The summed E-state index contributed by atoms with van der Waals surface area (Å²) in [5.41, 5.74) is 2.25. The molecule has 1 saturated heterocycles. The average Bonchev–Trinajstić information content (AvgIpc) is 3.31. The number of anilines is 1. The van der Waals surface area contributed by atoms with Crippen LogP contribution in [0.1, 0.15) is 16.8 Å². The van der Waals surface area contributed by atoms with Gasteiger partial charge in [0.1, 0.15) is 0 Å². The van der Waals surface area contributed by atoms with Gasteiger partial charge in [-0.15, -0.1) is 0 Å².